The van der Waals surface area contributed by atoms with Gasteiger partial charge in [-0.1, -0.05) is 95.1 Å². The summed E-state index contributed by atoms with van der Waals surface area (Å²) in [5.74, 6) is -1.73. The van der Waals surface area contributed by atoms with E-state index in [1.54, 1.807) is 49.4 Å². The number of hydrogen-bond acceptors (Lipinski definition) is 6. The topological polar surface area (TPSA) is 91.2 Å². The highest BCUT2D eigenvalue weighted by Crippen LogP contribution is 2.45. The van der Waals surface area contributed by atoms with E-state index in [0.717, 1.165) is 11.8 Å². The molecule has 0 aromatic heterocycles. The monoisotopic (exact) mass is 597 g/mol. The molecule has 3 aromatic carbocycles. The standard InChI is InChI=1S/C29H22Cl3N3O3S/c1-2-38-29(37)26-25(19-10-6-7-11-21(19)30)20(15-33)28(35-27(26)17-8-4-3-5-9-17)39-16-24(36)34-18-12-13-22(31)23(32)14-18/h3-14,25,35H,2,16H2,1H3,(H,34,36)/t25-/m0/s1. The Kier molecular flexibility index (Phi) is 9.60. The van der Waals surface area contributed by atoms with Crippen LogP contribution in [0.2, 0.25) is 15.1 Å². The number of thioether (sulfide) groups is 1. The highest BCUT2D eigenvalue weighted by Gasteiger charge is 2.38. The van der Waals surface area contributed by atoms with E-state index in [0.29, 0.717) is 42.6 Å². The lowest BCUT2D eigenvalue weighted by atomic mass is 9.81. The fraction of sp³-hybridized carbons (Fsp3) is 0.138. The van der Waals surface area contributed by atoms with E-state index < -0.39 is 11.9 Å². The molecule has 0 spiro atoms. The minimum absolute atomic E-state index is 0.0280. The van der Waals surface area contributed by atoms with Crippen molar-refractivity contribution in [3.05, 3.63) is 115 Å². The summed E-state index contributed by atoms with van der Waals surface area (Å²) in [5, 5.41) is 17.9. The van der Waals surface area contributed by atoms with Crippen LogP contribution in [0, 0.1) is 11.3 Å². The van der Waals surface area contributed by atoms with E-state index in [2.05, 4.69) is 16.7 Å². The molecule has 0 saturated heterocycles. The number of nitriles is 1. The minimum Gasteiger partial charge on any atom is -0.463 e. The fourth-order valence-electron chi connectivity index (χ4n) is 4.09. The number of amides is 1. The number of carbonyl (C=O) groups excluding carboxylic acids is 2. The normalized spacial score (nSPS) is 14.9. The molecular formula is C29H22Cl3N3O3S. The molecule has 0 aliphatic carbocycles. The summed E-state index contributed by atoms with van der Waals surface area (Å²) in [5.41, 5.74) is 2.77. The molecule has 0 saturated carbocycles. The van der Waals surface area contributed by atoms with Crippen LogP contribution in [-0.4, -0.2) is 24.2 Å². The predicted octanol–water partition coefficient (Wildman–Crippen LogP) is 7.42. The Labute approximate surface area is 245 Å². The van der Waals surface area contributed by atoms with Gasteiger partial charge in [0.05, 0.1) is 56.3 Å². The molecule has 3 aromatic rings. The van der Waals surface area contributed by atoms with E-state index >= 15 is 0 Å². The van der Waals surface area contributed by atoms with Gasteiger partial charge in [-0.2, -0.15) is 5.26 Å². The Hall–Kier alpha value is -3.41. The first-order chi connectivity index (χ1) is 18.8. The number of rotatable bonds is 8. The lowest BCUT2D eigenvalue weighted by Gasteiger charge is -2.31. The first-order valence-electron chi connectivity index (χ1n) is 11.8. The van der Waals surface area contributed by atoms with Crippen molar-refractivity contribution in [2.24, 2.45) is 0 Å². The first-order valence-corrected chi connectivity index (χ1v) is 14.0. The third-order valence-corrected chi connectivity index (χ3v) is 7.88. The van der Waals surface area contributed by atoms with E-state index in [-0.39, 0.29) is 29.4 Å². The number of dihydropyridines is 1. The Morgan fingerprint density at radius 3 is 2.38 bits per heavy atom. The minimum atomic E-state index is -0.820. The molecule has 39 heavy (non-hydrogen) atoms. The van der Waals surface area contributed by atoms with Gasteiger partial charge in [0.2, 0.25) is 5.91 Å². The van der Waals surface area contributed by atoms with Crippen molar-refractivity contribution in [1.82, 2.24) is 5.32 Å². The van der Waals surface area contributed by atoms with Gasteiger partial charge in [-0.05, 0) is 42.3 Å². The summed E-state index contributed by atoms with van der Waals surface area (Å²) in [4.78, 5) is 26.2. The van der Waals surface area contributed by atoms with Crippen molar-refractivity contribution in [2.45, 2.75) is 12.8 Å². The van der Waals surface area contributed by atoms with Crippen molar-refractivity contribution in [3.8, 4) is 6.07 Å². The maximum atomic E-state index is 13.4. The van der Waals surface area contributed by atoms with Crippen LogP contribution in [-0.2, 0) is 14.3 Å². The van der Waals surface area contributed by atoms with Gasteiger partial charge in [-0.3, -0.25) is 4.79 Å². The number of benzene rings is 3. The van der Waals surface area contributed by atoms with E-state index in [9.17, 15) is 14.9 Å². The van der Waals surface area contributed by atoms with E-state index in [1.807, 2.05) is 30.3 Å². The number of esters is 1. The molecule has 2 N–H and O–H groups in total. The first kappa shape index (κ1) is 28.6. The summed E-state index contributed by atoms with van der Waals surface area (Å²) in [6.45, 7) is 1.87. The molecule has 10 heteroatoms. The molecule has 1 aliphatic rings. The zero-order chi connectivity index (χ0) is 27.9. The maximum absolute atomic E-state index is 13.4. The van der Waals surface area contributed by atoms with Crippen LogP contribution in [0.1, 0.15) is 24.0 Å². The number of nitrogens with one attached hydrogen (secondary N) is 2. The molecule has 0 unspecified atom stereocenters. The lowest BCUT2D eigenvalue weighted by molar-refractivity contribution is -0.138. The number of allylic oxidation sites excluding steroid dienone is 1. The number of ether oxygens (including phenoxy) is 1. The second-order valence-corrected chi connectivity index (χ2v) is 10.5. The summed E-state index contributed by atoms with van der Waals surface area (Å²) in [6.07, 6.45) is 0. The van der Waals surface area contributed by atoms with Crippen molar-refractivity contribution in [1.29, 1.82) is 5.26 Å². The lowest BCUT2D eigenvalue weighted by Crippen LogP contribution is -2.30. The molecule has 1 aliphatic heterocycles. The second kappa shape index (κ2) is 13.1. The smallest absolute Gasteiger partial charge is 0.337 e. The number of hydrogen-bond donors (Lipinski definition) is 2. The highest BCUT2D eigenvalue weighted by atomic mass is 35.5. The van der Waals surface area contributed by atoms with Crippen LogP contribution in [0.4, 0.5) is 5.69 Å². The summed E-state index contributed by atoms with van der Waals surface area (Å²) < 4.78 is 5.43. The number of carbonyl (C=O) groups is 2. The molecular weight excluding hydrogens is 577 g/mol. The third-order valence-electron chi connectivity index (χ3n) is 5.78. The molecule has 0 bridgehead atoms. The fourth-order valence-corrected chi connectivity index (χ4v) is 5.47. The van der Waals surface area contributed by atoms with Gasteiger partial charge in [-0.25, -0.2) is 4.79 Å². The average Bonchev–Trinajstić information content (AvgIpc) is 2.94. The molecule has 1 heterocycles. The Balaban J connectivity index is 1.76. The highest BCUT2D eigenvalue weighted by molar-refractivity contribution is 8.03. The van der Waals surface area contributed by atoms with Gasteiger partial charge in [0.1, 0.15) is 0 Å². The quantitative estimate of drug-likeness (QED) is 0.262. The second-order valence-electron chi connectivity index (χ2n) is 8.28. The van der Waals surface area contributed by atoms with Gasteiger partial charge in [0, 0.05) is 10.7 Å². The van der Waals surface area contributed by atoms with Gasteiger partial charge in [0.15, 0.2) is 0 Å². The summed E-state index contributed by atoms with van der Waals surface area (Å²) >= 11 is 19.8. The molecule has 4 rings (SSSR count). The third kappa shape index (κ3) is 6.60. The zero-order valence-corrected chi connectivity index (χ0v) is 23.7. The largest absolute Gasteiger partial charge is 0.463 e. The van der Waals surface area contributed by atoms with Crippen molar-refractivity contribution in [3.63, 3.8) is 0 Å². The summed E-state index contributed by atoms with van der Waals surface area (Å²) in [6, 6.07) is 23.3. The molecule has 1 atom stereocenters. The SMILES string of the molecule is CCOC(=O)C1=C(c2ccccc2)NC(SCC(=O)Nc2ccc(Cl)c(Cl)c2)=C(C#N)[C@@H]1c1ccccc1Cl. The molecule has 0 fully saturated rings. The molecule has 0 radical (unpaired) electrons. The number of anilines is 1. The van der Waals surface area contributed by atoms with Crippen LogP contribution in [0.3, 0.4) is 0 Å². The average molecular weight is 599 g/mol. The van der Waals surface area contributed by atoms with Crippen LogP contribution < -0.4 is 10.6 Å². The van der Waals surface area contributed by atoms with Crippen molar-refractivity contribution in [2.75, 3.05) is 17.7 Å². The zero-order valence-electron chi connectivity index (χ0n) is 20.6. The number of nitrogens with zero attached hydrogens (tertiary/aromatic N) is 1. The van der Waals surface area contributed by atoms with E-state index in [1.165, 1.54) is 0 Å². The van der Waals surface area contributed by atoms with Gasteiger partial charge in [-0.15, -0.1) is 0 Å². The summed E-state index contributed by atoms with van der Waals surface area (Å²) in [7, 11) is 0. The van der Waals surface area contributed by atoms with Crippen molar-refractivity contribution < 1.29 is 14.3 Å². The molecule has 6 nitrogen and oxygen atoms in total. The predicted molar refractivity (Wildman–Crippen MR) is 158 cm³/mol. The number of halogens is 3. The van der Waals surface area contributed by atoms with Gasteiger partial charge < -0.3 is 15.4 Å². The van der Waals surface area contributed by atoms with Crippen molar-refractivity contribution >= 4 is 69.8 Å². The van der Waals surface area contributed by atoms with Gasteiger partial charge in [0.25, 0.3) is 0 Å². The van der Waals surface area contributed by atoms with Crippen LogP contribution in [0.25, 0.3) is 5.70 Å². The van der Waals surface area contributed by atoms with Crippen LogP contribution in [0.5, 0.6) is 0 Å². The van der Waals surface area contributed by atoms with Gasteiger partial charge >= 0.3 is 5.97 Å². The Bertz CT molecular complexity index is 1520. The molecule has 198 valence electrons. The van der Waals surface area contributed by atoms with Crippen LogP contribution >= 0.6 is 46.6 Å². The van der Waals surface area contributed by atoms with Crippen LogP contribution in [0.15, 0.2) is 89.0 Å². The molecule has 1 amide bonds. The van der Waals surface area contributed by atoms with E-state index in [4.69, 9.17) is 39.5 Å². The Morgan fingerprint density at radius 1 is 1.00 bits per heavy atom. The Morgan fingerprint density at radius 2 is 1.72 bits per heavy atom. The maximum Gasteiger partial charge on any atom is 0.337 e.